The van der Waals surface area contributed by atoms with Crippen molar-refractivity contribution in [3.05, 3.63) is 193 Å². The molecule has 0 amide bonds. The molecular weight excluding hydrogens is 621 g/mol. The van der Waals surface area contributed by atoms with E-state index in [0.717, 1.165) is 61.1 Å². The number of furan rings is 1. The Bertz CT molecular complexity index is 2710. The van der Waals surface area contributed by atoms with Gasteiger partial charge in [0.15, 0.2) is 5.82 Å². The van der Waals surface area contributed by atoms with Crippen LogP contribution in [0.1, 0.15) is 23.6 Å². The van der Waals surface area contributed by atoms with Crippen LogP contribution in [0.15, 0.2) is 180 Å². The van der Waals surface area contributed by atoms with Crippen LogP contribution in [0, 0.1) is 0 Å². The summed E-state index contributed by atoms with van der Waals surface area (Å²) >= 11 is 0. The number of aromatic nitrogens is 2. The van der Waals surface area contributed by atoms with Gasteiger partial charge in [0.05, 0.1) is 11.4 Å². The number of rotatable bonds is 5. The number of nitrogens with zero attached hydrogens (tertiary/aromatic N) is 2. The Morgan fingerprint density at radius 1 is 0.431 bits per heavy atom. The first kappa shape index (κ1) is 29.3. The lowest BCUT2D eigenvalue weighted by molar-refractivity contribution is 0.669. The molecule has 0 fully saturated rings. The molecule has 1 aliphatic carbocycles. The number of hydrogen-bond acceptors (Lipinski definition) is 3. The number of fused-ring (bicyclic) bond motifs is 6. The fourth-order valence-electron chi connectivity index (χ4n) is 8.06. The molecule has 2 aromatic heterocycles. The predicted octanol–water partition coefficient (Wildman–Crippen LogP) is 12.4. The summed E-state index contributed by atoms with van der Waals surface area (Å²) in [5.41, 5.74) is 15.2. The van der Waals surface area contributed by atoms with Crippen molar-refractivity contribution in [1.82, 2.24) is 9.97 Å². The van der Waals surface area contributed by atoms with Crippen molar-refractivity contribution in [1.29, 1.82) is 0 Å². The minimum absolute atomic E-state index is 0.249. The number of benzene rings is 7. The van der Waals surface area contributed by atoms with E-state index in [1.54, 1.807) is 0 Å². The van der Waals surface area contributed by atoms with Crippen LogP contribution in [0.3, 0.4) is 0 Å². The van der Waals surface area contributed by atoms with Crippen LogP contribution in [-0.2, 0) is 5.41 Å². The van der Waals surface area contributed by atoms with Crippen LogP contribution in [0.5, 0.6) is 0 Å². The van der Waals surface area contributed by atoms with Gasteiger partial charge in [-0.05, 0) is 70.1 Å². The van der Waals surface area contributed by atoms with Crippen molar-refractivity contribution in [3.63, 3.8) is 0 Å². The van der Waals surface area contributed by atoms with Crippen LogP contribution < -0.4 is 0 Å². The highest BCUT2D eigenvalue weighted by Gasteiger charge is 2.40. The fourth-order valence-corrected chi connectivity index (χ4v) is 8.06. The second-order valence-electron chi connectivity index (χ2n) is 13.5. The van der Waals surface area contributed by atoms with Crippen molar-refractivity contribution in [2.75, 3.05) is 0 Å². The highest BCUT2D eigenvalue weighted by molar-refractivity contribution is 6.12. The maximum atomic E-state index is 6.22. The van der Waals surface area contributed by atoms with Gasteiger partial charge >= 0.3 is 0 Å². The van der Waals surface area contributed by atoms with Gasteiger partial charge in [-0.3, -0.25) is 0 Å². The zero-order valence-electron chi connectivity index (χ0n) is 28.0. The van der Waals surface area contributed by atoms with E-state index in [2.05, 4.69) is 146 Å². The van der Waals surface area contributed by atoms with E-state index in [4.69, 9.17) is 14.4 Å². The van der Waals surface area contributed by atoms with Crippen LogP contribution >= 0.6 is 0 Å². The zero-order chi connectivity index (χ0) is 33.9. The van der Waals surface area contributed by atoms with E-state index in [1.165, 1.54) is 27.8 Å². The molecule has 240 valence electrons. The molecular formula is C48H32N2O. The fraction of sp³-hybridized carbons (Fsp3) is 0.0417. The van der Waals surface area contributed by atoms with E-state index in [0.29, 0.717) is 5.82 Å². The Labute approximate surface area is 296 Å². The summed E-state index contributed by atoms with van der Waals surface area (Å²) in [6.07, 6.45) is 0. The van der Waals surface area contributed by atoms with Gasteiger partial charge in [-0.2, -0.15) is 0 Å². The van der Waals surface area contributed by atoms with Crippen molar-refractivity contribution in [3.8, 4) is 56.2 Å². The lowest BCUT2D eigenvalue weighted by Gasteiger charge is -2.28. The quantitative estimate of drug-likeness (QED) is 0.186. The lowest BCUT2D eigenvalue weighted by atomic mass is 9.74. The molecule has 0 saturated carbocycles. The van der Waals surface area contributed by atoms with Gasteiger partial charge in [0.25, 0.3) is 0 Å². The maximum Gasteiger partial charge on any atom is 0.160 e. The van der Waals surface area contributed by atoms with Gasteiger partial charge in [-0.1, -0.05) is 152 Å². The first-order valence-corrected chi connectivity index (χ1v) is 17.4. The second-order valence-corrected chi connectivity index (χ2v) is 13.5. The molecule has 0 spiro atoms. The first-order chi connectivity index (χ1) is 25.1. The monoisotopic (exact) mass is 652 g/mol. The van der Waals surface area contributed by atoms with E-state index in [9.17, 15) is 0 Å². The van der Waals surface area contributed by atoms with Crippen molar-refractivity contribution in [2.24, 2.45) is 0 Å². The molecule has 3 nitrogen and oxygen atoms in total. The average Bonchev–Trinajstić information content (AvgIpc) is 3.72. The third-order valence-corrected chi connectivity index (χ3v) is 10.6. The second kappa shape index (κ2) is 11.5. The smallest absolute Gasteiger partial charge is 0.160 e. The molecule has 0 unspecified atom stereocenters. The molecule has 0 bridgehead atoms. The molecule has 3 heteroatoms. The van der Waals surface area contributed by atoms with Crippen molar-refractivity contribution in [2.45, 2.75) is 12.3 Å². The molecule has 0 atom stereocenters. The van der Waals surface area contributed by atoms with Gasteiger partial charge < -0.3 is 4.42 Å². The Kier molecular flexibility index (Phi) is 6.62. The topological polar surface area (TPSA) is 38.9 Å². The molecule has 1 aliphatic rings. The largest absolute Gasteiger partial charge is 0.456 e. The van der Waals surface area contributed by atoms with Gasteiger partial charge in [0, 0.05) is 32.9 Å². The number of hydrogen-bond donors (Lipinski definition) is 0. The summed E-state index contributed by atoms with van der Waals surface area (Å²) in [5, 5.41) is 2.24. The van der Waals surface area contributed by atoms with E-state index in [-0.39, 0.29) is 5.41 Å². The SMILES string of the molecule is CC1(c2ccc(-c3cc(-c4cccc(-c5cccc6oc7ccccc7c56)c4)nc(-c4ccccc4)n3)cc2)c2ccccc2-c2ccccc21. The molecule has 0 N–H and O–H groups in total. The third-order valence-electron chi connectivity index (χ3n) is 10.6. The van der Waals surface area contributed by atoms with Crippen LogP contribution in [-0.4, -0.2) is 9.97 Å². The van der Waals surface area contributed by atoms with E-state index in [1.807, 2.05) is 36.4 Å². The summed E-state index contributed by atoms with van der Waals surface area (Å²) < 4.78 is 6.22. The van der Waals surface area contributed by atoms with Crippen molar-refractivity contribution >= 4 is 21.9 Å². The summed E-state index contributed by atoms with van der Waals surface area (Å²) in [5.74, 6) is 0.700. The molecule has 0 radical (unpaired) electrons. The van der Waals surface area contributed by atoms with Crippen LogP contribution in [0.4, 0.5) is 0 Å². The highest BCUT2D eigenvalue weighted by atomic mass is 16.3. The van der Waals surface area contributed by atoms with Gasteiger partial charge in [-0.25, -0.2) is 9.97 Å². The molecule has 10 rings (SSSR count). The minimum atomic E-state index is -0.249. The molecule has 2 heterocycles. The summed E-state index contributed by atoms with van der Waals surface area (Å²) in [4.78, 5) is 10.3. The van der Waals surface area contributed by atoms with Gasteiger partial charge in [0.2, 0.25) is 0 Å². The zero-order valence-corrected chi connectivity index (χ0v) is 28.0. The molecule has 51 heavy (non-hydrogen) atoms. The number of para-hydroxylation sites is 1. The Morgan fingerprint density at radius 2 is 1.00 bits per heavy atom. The van der Waals surface area contributed by atoms with E-state index >= 15 is 0 Å². The third kappa shape index (κ3) is 4.66. The lowest BCUT2D eigenvalue weighted by Crippen LogP contribution is -2.22. The summed E-state index contributed by atoms with van der Waals surface area (Å²) in [6.45, 7) is 2.35. The van der Waals surface area contributed by atoms with Crippen LogP contribution in [0.25, 0.3) is 78.1 Å². The summed E-state index contributed by atoms with van der Waals surface area (Å²) in [7, 11) is 0. The molecule has 0 saturated heterocycles. The minimum Gasteiger partial charge on any atom is -0.456 e. The Morgan fingerprint density at radius 3 is 1.76 bits per heavy atom. The molecule has 7 aromatic carbocycles. The standard InChI is InChI=1S/C48H32N2O/c1-48(40-21-8-5-17-37(40)38-18-6-9-22-41(38)48)35-27-25-31(26-28-35)42-30-43(50-47(49-42)32-13-3-2-4-14-32)34-16-11-15-33(29-34)36-20-12-24-45-46(36)39-19-7-10-23-44(39)51-45/h2-30H,1H3. The van der Waals surface area contributed by atoms with Gasteiger partial charge in [-0.15, -0.1) is 0 Å². The normalized spacial score (nSPS) is 13.0. The Balaban J connectivity index is 1.09. The molecule has 0 aliphatic heterocycles. The highest BCUT2D eigenvalue weighted by Crippen LogP contribution is 2.52. The average molecular weight is 653 g/mol. The molecule has 9 aromatic rings. The first-order valence-electron chi connectivity index (χ1n) is 17.4. The summed E-state index contributed by atoms with van der Waals surface area (Å²) in [6, 6.07) is 62.1. The van der Waals surface area contributed by atoms with E-state index < -0.39 is 0 Å². The maximum absolute atomic E-state index is 6.22. The van der Waals surface area contributed by atoms with Crippen molar-refractivity contribution < 1.29 is 4.42 Å². The predicted molar refractivity (Wildman–Crippen MR) is 208 cm³/mol. The van der Waals surface area contributed by atoms with Gasteiger partial charge in [0.1, 0.15) is 11.2 Å². The Hall–Kier alpha value is -6.58. The van der Waals surface area contributed by atoms with Crippen LogP contribution in [0.2, 0.25) is 0 Å².